The van der Waals surface area contributed by atoms with Crippen LogP contribution in [0.2, 0.25) is 0 Å². The second-order valence-corrected chi connectivity index (χ2v) is 11.4. The van der Waals surface area contributed by atoms with Gasteiger partial charge in [-0.15, -0.1) is 0 Å². The van der Waals surface area contributed by atoms with Crippen molar-refractivity contribution in [1.82, 2.24) is 25.4 Å². The summed E-state index contributed by atoms with van der Waals surface area (Å²) in [6.07, 6.45) is 7.79. The zero-order valence-corrected chi connectivity index (χ0v) is 22.9. The lowest BCUT2D eigenvalue weighted by Gasteiger charge is -2.34. The van der Waals surface area contributed by atoms with E-state index in [4.69, 9.17) is 4.74 Å². The van der Waals surface area contributed by atoms with Gasteiger partial charge in [0.2, 0.25) is 11.8 Å². The van der Waals surface area contributed by atoms with Gasteiger partial charge in [-0.05, 0) is 64.3 Å². The molecule has 202 valence electrons. The van der Waals surface area contributed by atoms with Gasteiger partial charge in [0.25, 0.3) is 0 Å². The van der Waals surface area contributed by atoms with Crippen LogP contribution < -0.4 is 10.6 Å². The van der Waals surface area contributed by atoms with E-state index in [1.807, 2.05) is 6.92 Å². The molecule has 1 aromatic carbocycles. The Kier molecular flexibility index (Phi) is 7.61. The molecular formula is C29H43N5O3. The van der Waals surface area contributed by atoms with Gasteiger partial charge in [0.1, 0.15) is 6.04 Å². The molecule has 5 rings (SSSR count). The number of rotatable bonds is 8. The van der Waals surface area contributed by atoms with Crippen LogP contribution >= 0.6 is 0 Å². The number of hydrogen-bond acceptors (Lipinski definition) is 5. The maximum atomic E-state index is 14.2. The fraction of sp³-hybridized carbons (Fsp3) is 0.655. The third-order valence-electron chi connectivity index (χ3n) is 9.24. The topological polar surface area (TPSA) is 89.7 Å². The lowest BCUT2D eigenvalue weighted by atomic mass is 9.90. The van der Waals surface area contributed by atoms with Gasteiger partial charge in [-0.25, -0.2) is 0 Å². The lowest BCUT2D eigenvalue weighted by molar-refractivity contribution is -0.141. The number of aromatic amines is 1. The van der Waals surface area contributed by atoms with Crippen LogP contribution in [0.5, 0.6) is 0 Å². The number of aromatic nitrogens is 1. The summed E-state index contributed by atoms with van der Waals surface area (Å²) in [5.41, 5.74) is 3.69. The zero-order valence-electron chi connectivity index (χ0n) is 22.9. The van der Waals surface area contributed by atoms with E-state index in [-0.39, 0.29) is 23.8 Å². The Bertz CT molecular complexity index is 1130. The second-order valence-electron chi connectivity index (χ2n) is 11.4. The normalized spacial score (nSPS) is 26.9. The van der Waals surface area contributed by atoms with Gasteiger partial charge < -0.3 is 25.3 Å². The summed E-state index contributed by atoms with van der Waals surface area (Å²) in [5.74, 6) is -0.00514. The summed E-state index contributed by atoms with van der Waals surface area (Å²) in [6, 6.07) is 6.51. The van der Waals surface area contributed by atoms with Crippen LogP contribution in [-0.4, -0.2) is 90.2 Å². The molecule has 3 aliphatic rings. The Morgan fingerprint density at radius 2 is 1.92 bits per heavy atom. The van der Waals surface area contributed by atoms with Crippen molar-refractivity contribution < 1.29 is 14.3 Å². The first kappa shape index (κ1) is 26.2. The van der Waals surface area contributed by atoms with E-state index in [9.17, 15) is 9.59 Å². The van der Waals surface area contributed by atoms with E-state index < -0.39 is 18.2 Å². The van der Waals surface area contributed by atoms with E-state index in [0.29, 0.717) is 18.6 Å². The van der Waals surface area contributed by atoms with E-state index in [0.717, 1.165) is 18.5 Å². The van der Waals surface area contributed by atoms with E-state index >= 15 is 0 Å². The highest BCUT2D eigenvalue weighted by molar-refractivity contribution is 5.91. The molecule has 1 saturated carbocycles. The second kappa shape index (κ2) is 10.8. The number of nitrogens with zero attached hydrogens (tertiary/aromatic N) is 2. The Hall–Kier alpha value is -2.42. The molecule has 3 heterocycles. The number of hydrogen-bond donors (Lipinski definition) is 3. The highest BCUT2D eigenvalue weighted by atomic mass is 16.5. The molecule has 37 heavy (non-hydrogen) atoms. The van der Waals surface area contributed by atoms with E-state index in [1.165, 1.54) is 42.2 Å². The minimum Gasteiger partial charge on any atom is -0.379 e. The van der Waals surface area contributed by atoms with Crippen molar-refractivity contribution in [3.8, 4) is 0 Å². The number of carbonyl (C=O) groups is 2. The number of H-pyrrole nitrogens is 1. The molecule has 2 aromatic rings. The highest BCUT2D eigenvalue weighted by Gasteiger charge is 2.53. The van der Waals surface area contributed by atoms with Gasteiger partial charge in [0.05, 0.1) is 18.2 Å². The Balaban J connectivity index is 1.48. The summed E-state index contributed by atoms with van der Waals surface area (Å²) in [5, 5.41) is 7.21. The number of carbonyl (C=O) groups excluding carboxylic acids is 2. The van der Waals surface area contributed by atoms with Crippen LogP contribution in [0.1, 0.15) is 63.0 Å². The van der Waals surface area contributed by atoms with Crippen LogP contribution in [0.15, 0.2) is 24.4 Å². The number of fused-ring (bicyclic) bond motifs is 2. The molecule has 1 aromatic heterocycles. The molecule has 3 fully saturated rings. The molecule has 0 radical (unpaired) electrons. The van der Waals surface area contributed by atoms with Crippen LogP contribution in [0.25, 0.3) is 10.9 Å². The van der Waals surface area contributed by atoms with Crippen LogP contribution in [0.3, 0.4) is 0 Å². The summed E-state index contributed by atoms with van der Waals surface area (Å²) in [4.78, 5) is 35.3. The standard InChI is InChI=1S/C29H43N5O3/c1-17-10-11-21-22(15-31-24(21)14-17)23-16-34(20-8-6-7-9-20)25-12-13-33(27(23)25)29(36)26(19(3)37-5)32-28(35)18(2)30-4/h10-11,14-15,18-20,23,25-27,30-31H,6-9,12-13,16H2,1-5H3,(H,32,35)/t18-,19+,23+,25+,26-,27+/m0/s1. The number of ether oxygens (including phenoxy) is 1. The van der Waals surface area contributed by atoms with Gasteiger partial charge in [-0.1, -0.05) is 25.0 Å². The van der Waals surface area contributed by atoms with E-state index in [2.05, 4.69) is 56.7 Å². The fourth-order valence-electron chi connectivity index (χ4n) is 6.99. The molecule has 2 saturated heterocycles. The minimum absolute atomic E-state index is 0.0348. The lowest BCUT2D eigenvalue weighted by Crippen LogP contribution is -2.58. The molecule has 0 unspecified atom stereocenters. The van der Waals surface area contributed by atoms with Crippen molar-refractivity contribution in [3.63, 3.8) is 0 Å². The number of methoxy groups -OCH3 is 1. The molecule has 0 spiro atoms. The average molecular weight is 510 g/mol. The smallest absolute Gasteiger partial charge is 0.248 e. The van der Waals surface area contributed by atoms with Crippen LogP contribution in [0, 0.1) is 6.92 Å². The first-order valence-corrected chi connectivity index (χ1v) is 14.0. The summed E-state index contributed by atoms with van der Waals surface area (Å²) in [6.45, 7) is 7.45. The Labute approximate surface area is 220 Å². The number of likely N-dealkylation sites (tertiary alicyclic amines) is 2. The SMILES string of the molecule is CN[C@@H](C)C(=O)N[C@H](C(=O)N1CC[C@@H]2[C@H]1[C@@H](c1c[nH]c3cc(C)ccc13)CN2C1CCCC1)[C@@H](C)OC. The van der Waals surface area contributed by atoms with Gasteiger partial charge in [-0.3, -0.25) is 14.5 Å². The maximum absolute atomic E-state index is 14.2. The predicted octanol–water partition coefficient (Wildman–Crippen LogP) is 2.92. The molecule has 2 amide bonds. The molecule has 3 N–H and O–H groups in total. The van der Waals surface area contributed by atoms with Gasteiger partial charge in [0, 0.05) is 55.3 Å². The number of aryl methyl sites for hydroxylation is 1. The Morgan fingerprint density at radius 3 is 2.62 bits per heavy atom. The molecule has 8 heteroatoms. The molecule has 1 aliphatic carbocycles. The first-order valence-electron chi connectivity index (χ1n) is 14.0. The highest BCUT2D eigenvalue weighted by Crippen LogP contribution is 2.46. The van der Waals surface area contributed by atoms with Crippen molar-refractivity contribution in [3.05, 3.63) is 35.5 Å². The van der Waals surface area contributed by atoms with Crippen molar-refractivity contribution >= 4 is 22.7 Å². The van der Waals surface area contributed by atoms with Crippen LogP contribution in [0.4, 0.5) is 0 Å². The first-order chi connectivity index (χ1) is 17.8. The number of benzene rings is 1. The quantitative estimate of drug-likeness (QED) is 0.509. The molecule has 8 nitrogen and oxygen atoms in total. The Morgan fingerprint density at radius 1 is 1.16 bits per heavy atom. The number of nitrogens with one attached hydrogen (secondary N) is 3. The van der Waals surface area contributed by atoms with Crippen LogP contribution in [-0.2, 0) is 14.3 Å². The van der Waals surface area contributed by atoms with Crippen molar-refractivity contribution in [2.75, 3.05) is 27.2 Å². The van der Waals surface area contributed by atoms with Crippen molar-refractivity contribution in [1.29, 1.82) is 0 Å². The zero-order chi connectivity index (χ0) is 26.3. The minimum atomic E-state index is -0.723. The van der Waals surface area contributed by atoms with Gasteiger partial charge in [0.15, 0.2) is 0 Å². The van der Waals surface area contributed by atoms with E-state index in [1.54, 1.807) is 21.1 Å². The molecule has 6 atom stereocenters. The molecular weight excluding hydrogens is 466 g/mol. The average Bonchev–Trinajstić information content (AvgIpc) is 3.69. The fourth-order valence-corrected chi connectivity index (χ4v) is 6.99. The third kappa shape index (κ3) is 4.79. The summed E-state index contributed by atoms with van der Waals surface area (Å²) in [7, 11) is 3.34. The maximum Gasteiger partial charge on any atom is 0.248 e. The van der Waals surface area contributed by atoms with Crippen molar-refractivity contribution in [2.24, 2.45) is 0 Å². The largest absolute Gasteiger partial charge is 0.379 e. The monoisotopic (exact) mass is 509 g/mol. The molecule has 2 aliphatic heterocycles. The summed E-state index contributed by atoms with van der Waals surface area (Å²) >= 11 is 0. The van der Waals surface area contributed by atoms with Crippen molar-refractivity contribution in [2.45, 2.75) is 95.1 Å². The number of amides is 2. The van der Waals surface area contributed by atoms with Gasteiger partial charge in [-0.2, -0.15) is 0 Å². The number of likely N-dealkylation sites (N-methyl/N-ethyl adjacent to an activating group) is 1. The molecule has 0 bridgehead atoms. The summed E-state index contributed by atoms with van der Waals surface area (Å²) < 4.78 is 5.59. The third-order valence-corrected chi connectivity index (χ3v) is 9.24. The van der Waals surface area contributed by atoms with Gasteiger partial charge >= 0.3 is 0 Å². The predicted molar refractivity (Wildman–Crippen MR) is 146 cm³/mol.